The summed E-state index contributed by atoms with van der Waals surface area (Å²) in [7, 11) is 0. The van der Waals surface area contributed by atoms with E-state index in [0.29, 0.717) is 33.1 Å². The number of ether oxygens (including phenoxy) is 1. The molecule has 146 valence electrons. The maximum absolute atomic E-state index is 13.1. The Morgan fingerprint density at radius 1 is 1.10 bits per heavy atom. The minimum absolute atomic E-state index is 0.0915. The van der Waals surface area contributed by atoms with Crippen LogP contribution in [0, 0.1) is 11.3 Å². The molecular formula is C23H15ClN4O2. The van der Waals surface area contributed by atoms with E-state index in [1.54, 1.807) is 36.4 Å². The molecule has 0 N–H and O–H groups in total. The number of hydrogen-bond acceptors (Lipinski definition) is 5. The van der Waals surface area contributed by atoms with Crippen molar-refractivity contribution in [3.05, 3.63) is 93.7 Å². The Bertz CT molecular complexity index is 1340. The van der Waals surface area contributed by atoms with Gasteiger partial charge in [-0.25, -0.2) is 4.98 Å². The second-order valence-corrected chi connectivity index (χ2v) is 6.72. The topological polar surface area (TPSA) is 80.3 Å². The van der Waals surface area contributed by atoms with Crippen molar-refractivity contribution in [3.63, 3.8) is 0 Å². The van der Waals surface area contributed by atoms with Crippen molar-refractivity contribution < 1.29 is 4.74 Å². The molecule has 30 heavy (non-hydrogen) atoms. The van der Waals surface area contributed by atoms with Crippen LogP contribution in [0.2, 0.25) is 5.02 Å². The first kappa shape index (κ1) is 19.4. The van der Waals surface area contributed by atoms with Gasteiger partial charge in [-0.2, -0.15) is 15.0 Å². The first-order valence-corrected chi connectivity index (χ1v) is 9.46. The average molecular weight is 415 g/mol. The van der Waals surface area contributed by atoms with Crippen molar-refractivity contribution in [2.75, 3.05) is 6.61 Å². The highest BCUT2D eigenvalue weighted by molar-refractivity contribution is 6.32. The fourth-order valence-electron chi connectivity index (χ4n) is 2.95. The summed E-state index contributed by atoms with van der Waals surface area (Å²) in [5.41, 5.74) is 1.78. The second kappa shape index (κ2) is 8.60. The van der Waals surface area contributed by atoms with E-state index in [0.717, 1.165) is 5.56 Å². The van der Waals surface area contributed by atoms with Gasteiger partial charge >= 0.3 is 0 Å². The number of nitriles is 1. The highest BCUT2D eigenvalue weighted by Crippen LogP contribution is 2.25. The molecule has 1 heterocycles. The number of fused-ring (bicyclic) bond motifs is 1. The SMILES string of the molecule is N#CCOc1ccc(C=Nn2c(-c3ccccc3)nc3ccccc3c2=O)cc1Cl. The number of rotatable bonds is 5. The van der Waals surface area contributed by atoms with Crippen LogP contribution in [0.4, 0.5) is 0 Å². The van der Waals surface area contributed by atoms with Gasteiger partial charge in [0.05, 0.1) is 22.1 Å². The van der Waals surface area contributed by atoms with Crippen molar-refractivity contribution in [1.82, 2.24) is 9.66 Å². The summed E-state index contributed by atoms with van der Waals surface area (Å²) in [4.78, 5) is 17.8. The Hall–Kier alpha value is -3.95. The second-order valence-electron chi connectivity index (χ2n) is 6.32. The quantitative estimate of drug-likeness (QED) is 0.450. The lowest BCUT2D eigenvalue weighted by Crippen LogP contribution is -2.20. The summed E-state index contributed by atoms with van der Waals surface area (Å²) in [6, 6.07) is 23.5. The highest BCUT2D eigenvalue weighted by atomic mass is 35.5. The largest absolute Gasteiger partial charge is 0.477 e. The van der Waals surface area contributed by atoms with Crippen LogP contribution >= 0.6 is 11.6 Å². The van der Waals surface area contributed by atoms with E-state index in [4.69, 9.17) is 21.6 Å². The molecule has 0 amide bonds. The third-order valence-corrected chi connectivity index (χ3v) is 4.65. The van der Waals surface area contributed by atoms with Crippen molar-refractivity contribution in [2.24, 2.45) is 5.10 Å². The van der Waals surface area contributed by atoms with Gasteiger partial charge in [0.1, 0.15) is 11.8 Å². The third-order valence-electron chi connectivity index (χ3n) is 4.36. The first-order valence-electron chi connectivity index (χ1n) is 9.08. The molecule has 1 aromatic heterocycles. The summed E-state index contributed by atoms with van der Waals surface area (Å²) in [5, 5.41) is 13.9. The lowest BCUT2D eigenvalue weighted by Gasteiger charge is -2.09. The van der Waals surface area contributed by atoms with E-state index in [1.807, 2.05) is 42.5 Å². The third kappa shape index (κ3) is 3.93. The van der Waals surface area contributed by atoms with Gasteiger partial charge < -0.3 is 4.74 Å². The number of halogens is 1. The lowest BCUT2D eigenvalue weighted by molar-refractivity contribution is 0.368. The molecule has 0 radical (unpaired) electrons. The average Bonchev–Trinajstić information content (AvgIpc) is 2.78. The minimum Gasteiger partial charge on any atom is -0.477 e. The number of aromatic nitrogens is 2. The van der Waals surface area contributed by atoms with E-state index < -0.39 is 0 Å². The molecule has 0 bridgehead atoms. The fraction of sp³-hybridized carbons (Fsp3) is 0.0435. The molecule has 0 aliphatic heterocycles. The Morgan fingerprint density at radius 3 is 2.63 bits per heavy atom. The smallest absolute Gasteiger partial charge is 0.282 e. The standard InChI is InChI=1S/C23H15ClN4O2/c24-19-14-16(10-11-21(19)30-13-12-25)15-26-28-22(17-6-2-1-3-7-17)27-20-9-5-4-8-18(20)23(28)29/h1-11,14-15H,13H2. The predicted molar refractivity (Wildman–Crippen MR) is 117 cm³/mol. The Balaban J connectivity index is 1.80. The van der Waals surface area contributed by atoms with Gasteiger partial charge in [-0.1, -0.05) is 54.1 Å². The molecule has 0 spiro atoms. The van der Waals surface area contributed by atoms with Crippen LogP contribution in [0.3, 0.4) is 0 Å². The fourth-order valence-corrected chi connectivity index (χ4v) is 3.20. The van der Waals surface area contributed by atoms with Gasteiger partial charge in [0.15, 0.2) is 12.4 Å². The molecule has 0 saturated carbocycles. The summed E-state index contributed by atoms with van der Waals surface area (Å²) in [6.45, 7) is -0.0915. The molecule has 4 rings (SSSR count). The Labute approximate surface area is 177 Å². The zero-order chi connectivity index (χ0) is 20.9. The molecule has 0 aliphatic rings. The maximum Gasteiger partial charge on any atom is 0.282 e. The molecule has 0 saturated heterocycles. The van der Waals surface area contributed by atoms with E-state index in [-0.39, 0.29) is 12.2 Å². The molecule has 6 nitrogen and oxygen atoms in total. The number of para-hydroxylation sites is 1. The molecule has 0 fully saturated rings. The van der Waals surface area contributed by atoms with E-state index >= 15 is 0 Å². The van der Waals surface area contributed by atoms with E-state index in [2.05, 4.69) is 10.1 Å². The van der Waals surface area contributed by atoms with Crippen molar-refractivity contribution in [1.29, 1.82) is 5.26 Å². The minimum atomic E-state index is -0.268. The van der Waals surface area contributed by atoms with Crippen LogP contribution in [-0.4, -0.2) is 22.5 Å². The van der Waals surface area contributed by atoms with Crippen LogP contribution in [0.5, 0.6) is 5.75 Å². The summed E-state index contributed by atoms with van der Waals surface area (Å²) >= 11 is 6.21. The normalized spacial score (nSPS) is 10.9. The molecule has 0 unspecified atom stereocenters. The van der Waals surface area contributed by atoms with Gasteiger partial charge in [0.2, 0.25) is 0 Å². The van der Waals surface area contributed by atoms with Gasteiger partial charge in [0.25, 0.3) is 5.56 Å². The van der Waals surface area contributed by atoms with Gasteiger partial charge in [-0.3, -0.25) is 4.79 Å². The summed E-state index contributed by atoms with van der Waals surface area (Å²) < 4.78 is 6.53. The lowest BCUT2D eigenvalue weighted by atomic mass is 10.2. The molecule has 4 aromatic rings. The van der Waals surface area contributed by atoms with Crippen LogP contribution in [0.25, 0.3) is 22.3 Å². The van der Waals surface area contributed by atoms with E-state index in [9.17, 15) is 4.79 Å². The highest BCUT2D eigenvalue weighted by Gasteiger charge is 2.12. The zero-order valence-electron chi connectivity index (χ0n) is 15.7. The Kier molecular flexibility index (Phi) is 5.55. The maximum atomic E-state index is 13.1. The number of nitrogens with zero attached hydrogens (tertiary/aromatic N) is 4. The molecule has 0 aliphatic carbocycles. The Morgan fingerprint density at radius 2 is 1.87 bits per heavy atom. The summed E-state index contributed by atoms with van der Waals surface area (Å²) in [5.74, 6) is 0.848. The van der Waals surface area contributed by atoms with Gasteiger partial charge in [-0.05, 0) is 35.9 Å². The van der Waals surface area contributed by atoms with Gasteiger partial charge in [-0.15, -0.1) is 0 Å². The van der Waals surface area contributed by atoms with Crippen LogP contribution in [0.15, 0.2) is 82.7 Å². The first-order chi connectivity index (χ1) is 14.7. The van der Waals surface area contributed by atoms with Crippen LogP contribution in [0.1, 0.15) is 5.56 Å². The van der Waals surface area contributed by atoms with Gasteiger partial charge in [0, 0.05) is 5.56 Å². The number of hydrogen-bond donors (Lipinski definition) is 0. The molecular weight excluding hydrogens is 400 g/mol. The van der Waals surface area contributed by atoms with Crippen molar-refractivity contribution in [3.8, 4) is 23.2 Å². The summed E-state index contributed by atoms with van der Waals surface area (Å²) in [6.07, 6.45) is 1.53. The van der Waals surface area contributed by atoms with E-state index in [1.165, 1.54) is 10.9 Å². The monoisotopic (exact) mass is 414 g/mol. The molecule has 0 atom stereocenters. The van der Waals surface area contributed by atoms with Crippen LogP contribution in [-0.2, 0) is 0 Å². The van der Waals surface area contributed by atoms with Crippen molar-refractivity contribution in [2.45, 2.75) is 0 Å². The van der Waals surface area contributed by atoms with Crippen molar-refractivity contribution >= 4 is 28.7 Å². The van der Waals surface area contributed by atoms with Crippen LogP contribution < -0.4 is 10.3 Å². The molecule has 3 aromatic carbocycles. The predicted octanol–water partition coefficient (Wildman–Crippen LogP) is 4.50. The number of benzene rings is 3. The molecule has 7 heteroatoms. The zero-order valence-corrected chi connectivity index (χ0v) is 16.5.